The van der Waals surface area contributed by atoms with Crippen LogP contribution in [0, 0.1) is 0 Å². The van der Waals surface area contributed by atoms with Crippen LogP contribution in [0.2, 0.25) is 0 Å². The molecule has 1 aliphatic heterocycles. The van der Waals surface area contributed by atoms with Gasteiger partial charge in [-0.25, -0.2) is 13.6 Å². The molecule has 0 aromatic rings. The van der Waals surface area contributed by atoms with Crippen molar-refractivity contribution in [1.82, 2.24) is 9.80 Å². The van der Waals surface area contributed by atoms with Crippen LogP contribution in [0.15, 0.2) is 0 Å². The predicted octanol–water partition coefficient (Wildman–Crippen LogP) is 1.91. The van der Waals surface area contributed by atoms with Gasteiger partial charge in [-0.15, -0.1) is 0 Å². The molecule has 5 nitrogen and oxygen atoms in total. The molecule has 1 fully saturated rings. The number of hydrogen-bond donors (Lipinski definition) is 1. The molecule has 0 saturated carbocycles. The van der Waals surface area contributed by atoms with E-state index in [2.05, 4.69) is 4.90 Å². The third-order valence-corrected chi connectivity index (χ3v) is 3.34. The normalized spacial score (nSPS) is 17.9. The Morgan fingerprint density at radius 1 is 1.19 bits per heavy atom. The van der Waals surface area contributed by atoms with Gasteiger partial charge in [0.1, 0.15) is 5.60 Å². The average molecular weight is 307 g/mol. The molecule has 0 aromatic heterocycles. The zero-order valence-electron chi connectivity index (χ0n) is 13.2. The van der Waals surface area contributed by atoms with E-state index >= 15 is 0 Å². The minimum Gasteiger partial charge on any atom is -0.444 e. The number of halogens is 2. The summed E-state index contributed by atoms with van der Waals surface area (Å²) < 4.78 is 31.3. The van der Waals surface area contributed by atoms with Gasteiger partial charge >= 0.3 is 6.09 Å². The molecule has 1 aliphatic rings. The highest BCUT2D eigenvalue weighted by molar-refractivity contribution is 5.68. The van der Waals surface area contributed by atoms with Crippen molar-refractivity contribution in [2.24, 2.45) is 5.73 Å². The second kappa shape index (κ2) is 7.35. The Morgan fingerprint density at radius 3 is 2.24 bits per heavy atom. The maximum absolute atomic E-state index is 13.0. The summed E-state index contributed by atoms with van der Waals surface area (Å²) in [5, 5.41) is 0. The Morgan fingerprint density at radius 2 is 1.76 bits per heavy atom. The predicted molar refractivity (Wildman–Crippen MR) is 77.5 cm³/mol. The molecule has 0 aliphatic carbocycles. The molecule has 1 heterocycles. The lowest BCUT2D eigenvalue weighted by Crippen LogP contribution is -2.50. The zero-order valence-corrected chi connectivity index (χ0v) is 13.2. The van der Waals surface area contributed by atoms with E-state index in [4.69, 9.17) is 10.5 Å². The van der Waals surface area contributed by atoms with Crippen molar-refractivity contribution in [2.75, 3.05) is 39.3 Å². The minimum absolute atomic E-state index is 0.185. The third kappa shape index (κ3) is 7.04. The van der Waals surface area contributed by atoms with E-state index < -0.39 is 18.1 Å². The van der Waals surface area contributed by atoms with Crippen LogP contribution < -0.4 is 5.73 Å². The van der Waals surface area contributed by atoms with Gasteiger partial charge in [0.25, 0.3) is 5.92 Å². The molecule has 0 aromatic carbocycles. The topological polar surface area (TPSA) is 58.8 Å². The first-order valence-corrected chi connectivity index (χ1v) is 7.41. The van der Waals surface area contributed by atoms with Gasteiger partial charge in [-0.3, -0.25) is 4.90 Å². The number of alkyl halides is 2. The summed E-state index contributed by atoms with van der Waals surface area (Å²) in [7, 11) is 0. The zero-order chi connectivity index (χ0) is 16.1. The van der Waals surface area contributed by atoms with Gasteiger partial charge in [0, 0.05) is 32.6 Å². The molecule has 1 amide bonds. The van der Waals surface area contributed by atoms with Crippen LogP contribution in [-0.4, -0.2) is 66.7 Å². The summed E-state index contributed by atoms with van der Waals surface area (Å²) in [4.78, 5) is 15.6. The lowest BCUT2D eigenvalue weighted by atomic mass is 10.1. The Bertz CT molecular complexity index is 338. The van der Waals surface area contributed by atoms with Crippen LogP contribution in [0.4, 0.5) is 13.6 Å². The number of piperazine rings is 1. The molecule has 0 radical (unpaired) electrons. The molecule has 0 atom stereocenters. The van der Waals surface area contributed by atoms with Gasteiger partial charge < -0.3 is 15.4 Å². The first kappa shape index (κ1) is 18.1. The van der Waals surface area contributed by atoms with E-state index in [-0.39, 0.29) is 12.5 Å². The smallest absolute Gasteiger partial charge is 0.410 e. The number of ether oxygens (including phenoxy) is 1. The maximum Gasteiger partial charge on any atom is 0.410 e. The van der Waals surface area contributed by atoms with Gasteiger partial charge in [0.15, 0.2) is 0 Å². The summed E-state index contributed by atoms with van der Waals surface area (Å²) in [6.45, 7) is 8.03. The molecule has 21 heavy (non-hydrogen) atoms. The Kier molecular flexibility index (Phi) is 6.34. The Balaban J connectivity index is 2.25. The number of carbonyl (C=O) groups is 1. The van der Waals surface area contributed by atoms with E-state index in [1.54, 1.807) is 4.90 Å². The van der Waals surface area contributed by atoms with Crippen LogP contribution in [0.5, 0.6) is 0 Å². The van der Waals surface area contributed by atoms with E-state index in [1.165, 1.54) is 0 Å². The highest BCUT2D eigenvalue weighted by Gasteiger charge is 2.28. The fourth-order valence-corrected chi connectivity index (χ4v) is 2.14. The molecule has 1 rings (SSSR count). The van der Waals surface area contributed by atoms with Crippen LogP contribution in [0.25, 0.3) is 0 Å². The highest BCUT2D eigenvalue weighted by Crippen LogP contribution is 2.19. The largest absolute Gasteiger partial charge is 0.444 e. The number of nitrogens with zero attached hydrogens (tertiary/aromatic N) is 2. The third-order valence-electron chi connectivity index (χ3n) is 3.34. The second-order valence-electron chi connectivity index (χ2n) is 6.47. The highest BCUT2D eigenvalue weighted by atomic mass is 19.3. The number of nitrogens with two attached hydrogens (primary N) is 1. The summed E-state index contributed by atoms with van der Waals surface area (Å²) >= 11 is 0. The van der Waals surface area contributed by atoms with Crippen LogP contribution in [0.3, 0.4) is 0 Å². The van der Waals surface area contributed by atoms with E-state index in [0.717, 1.165) is 0 Å². The quantitative estimate of drug-likeness (QED) is 0.843. The molecule has 0 spiro atoms. The van der Waals surface area contributed by atoms with Crippen molar-refractivity contribution in [2.45, 2.75) is 45.1 Å². The van der Waals surface area contributed by atoms with Crippen molar-refractivity contribution in [3.63, 3.8) is 0 Å². The first-order chi connectivity index (χ1) is 9.63. The summed E-state index contributed by atoms with van der Waals surface area (Å²) in [5.41, 5.74) is 4.51. The molecule has 2 N–H and O–H groups in total. The monoisotopic (exact) mass is 307 g/mol. The van der Waals surface area contributed by atoms with Gasteiger partial charge in [-0.2, -0.15) is 0 Å². The van der Waals surface area contributed by atoms with Gasteiger partial charge in [-0.05, 0) is 33.7 Å². The Hall–Kier alpha value is -0.950. The lowest BCUT2D eigenvalue weighted by Gasteiger charge is -2.35. The average Bonchev–Trinajstić information content (AvgIpc) is 2.37. The number of amides is 1. The van der Waals surface area contributed by atoms with Crippen molar-refractivity contribution < 1.29 is 18.3 Å². The van der Waals surface area contributed by atoms with Crippen molar-refractivity contribution >= 4 is 6.09 Å². The van der Waals surface area contributed by atoms with Crippen molar-refractivity contribution in [3.05, 3.63) is 0 Å². The number of carbonyl (C=O) groups excluding carboxylic acids is 1. The number of rotatable bonds is 5. The van der Waals surface area contributed by atoms with Gasteiger partial charge in [-0.1, -0.05) is 0 Å². The fourth-order valence-electron chi connectivity index (χ4n) is 2.14. The Labute approximate surface area is 125 Å². The van der Waals surface area contributed by atoms with Crippen LogP contribution in [-0.2, 0) is 4.74 Å². The molecule has 0 unspecified atom stereocenters. The van der Waals surface area contributed by atoms with E-state index in [0.29, 0.717) is 39.1 Å². The molecule has 0 bridgehead atoms. The summed E-state index contributed by atoms with van der Waals surface area (Å²) in [5.74, 6) is -2.77. The molecule has 1 saturated heterocycles. The summed E-state index contributed by atoms with van der Waals surface area (Å²) in [6.07, 6.45) is -0.0799. The van der Waals surface area contributed by atoms with E-state index in [1.807, 2.05) is 20.8 Å². The molecule has 7 heteroatoms. The SMILES string of the molecule is CC(C)(C)OC(=O)N1CCN(CCCC(F)(F)CN)CC1. The van der Waals surface area contributed by atoms with Crippen molar-refractivity contribution in [1.29, 1.82) is 0 Å². The van der Waals surface area contributed by atoms with Crippen LogP contribution >= 0.6 is 0 Å². The van der Waals surface area contributed by atoms with E-state index in [9.17, 15) is 13.6 Å². The molecular weight excluding hydrogens is 280 g/mol. The number of hydrogen-bond acceptors (Lipinski definition) is 4. The van der Waals surface area contributed by atoms with Gasteiger partial charge in [0.2, 0.25) is 0 Å². The standard InChI is InChI=1S/C14H27F2N3O2/c1-13(2,3)21-12(20)19-9-7-18(8-10-19)6-4-5-14(15,16)11-17/h4-11,17H2,1-3H3. The summed E-state index contributed by atoms with van der Waals surface area (Å²) in [6, 6.07) is 0. The fraction of sp³-hybridized carbons (Fsp3) is 0.929. The van der Waals surface area contributed by atoms with Gasteiger partial charge in [0.05, 0.1) is 6.54 Å². The van der Waals surface area contributed by atoms with Crippen LogP contribution in [0.1, 0.15) is 33.6 Å². The van der Waals surface area contributed by atoms with Crippen molar-refractivity contribution in [3.8, 4) is 0 Å². The lowest BCUT2D eigenvalue weighted by molar-refractivity contribution is -0.00455. The second-order valence-corrected chi connectivity index (χ2v) is 6.47. The molecule has 124 valence electrons. The maximum atomic E-state index is 13.0. The first-order valence-electron chi connectivity index (χ1n) is 7.41. The molecular formula is C14H27F2N3O2. The minimum atomic E-state index is -2.77.